The van der Waals surface area contributed by atoms with E-state index in [0.717, 1.165) is 5.69 Å². The molecule has 2 rings (SSSR count). The summed E-state index contributed by atoms with van der Waals surface area (Å²) in [4.78, 5) is 11.8. The minimum Gasteiger partial charge on any atom is -0.351 e. The molecule has 0 aliphatic rings. The summed E-state index contributed by atoms with van der Waals surface area (Å²) in [6.45, 7) is 4.00. The van der Waals surface area contributed by atoms with E-state index < -0.39 is 0 Å². The van der Waals surface area contributed by atoms with Crippen LogP contribution in [0.2, 0.25) is 0 Å². The first kappa shape index (κ1) is 14.0. The van der Waals surface area contributed by atoms with Crippen molar-refractivity contribution >= 4 is 11.9 Å². The lowest BCUT2D eigenvalue weighted by molar-refractivity contribution is 0.104. The summed E-state index contributed by atoms with van der Waals surface area (Å²) < 4.78 is 1.97. The number of benzene rings is 1. The van der Waals surface area contributed by atoms with Crippen LogP contribution in [0.15, 0.2) is 54.7 Å². The second kappa shape index (κ2) is 7.28. The molecule has 0 aliphatic heterocycles. The number of aryl methyl sites for hydroxylation is 1. The van der Waals surface area contributed by atoms with Crippen LogP contribution in [-0.2, 0) is 7.05 Å². The first-order valence-electron chi connectivity index (χ1n) is 6.16. The molecule has 0 saturated carbocycles. The SMILES string of the molecule is CC.Cn1cccc1/C=C/C(=O)c1ccccc1. The molecule has 1 aromatic carbocycles. The zero-order valence-corrected chi connectivity index (χ0v) is 11.1. The molecule has 0 unspecified atom stereocenters. The van der Waals surface area contributed by atoms with Crippen molar-refractivity contribution in [2.75, 3.05) is 0 Å². The fraction of sp³-hybridized carbons (Fsp3) is 0.188. The quantitative estimate of drug-likeness (QED) is 0.589. The highest BCUT2D eigenvalue weighted by molar-refractivity contribution is 6.06. The van der Waals surface area contributed by atoms with Crippen molar-refractivity contribution < 1.29 is 4.79 Å². The lowest BCUT2D eigenvalue weighted by atomic mass is 10.1. The van der Waals surface area contributed by atoms with E-state index in [9.17, 15) is 4.79 Å². The van der Waals surface area contributed by atoms with Crippen LogP contribution in [0.1, 0.15) is 29.9 Å². The number of hydrogen-bond donors (Lipinski definition) is 0. The van der Waals surface area contributed by atoms with Crippen molar-refractivity contribution in [1.29, 1.82) is 0 Å². The molecule has 0 N–H and O–H groups in total. The molecule has 0 amide bonds. The van der Waals surface area contributed by atoms with Crippen molar-refractivity contribution in [3.8, 4) is 0 Å². The number of ketones is 1. The normalized spacial score (nSPS) is 9.94. The third-order valence-corrected chi connectivity index (χ3v) is 2.45. The molecule has 0 radical (unpaired) electrons. The van der Waals surface area contributed by atoms with Crippen molar-refractivity contribution in [1.82, 2.24) is 4.57 Å². The minimum absolute atomic E-state index is 0.0294. The van der Waals surface area contributed by atoms with E-state index in [2.05, 4.69) is 0 Å². The van der Waals surface area contributed by atoms with Gasteiger partial charge in [0.25, 0.3) is 0 Å². The van der Waals surface area contributed by atoms with Gasteiger partial charge >= 0.3 is 0 Å². The number of allylic oxidation sites excluding steroid dienone is 1. The molecule has 2 aromatic rings. The first-order valence-corrected chi connectivity index (χ1v) is 6.16. The average Bonchev–Trinajstić information content (AvgIpc) is 2.85. The lowest BCUT2D eigenvalue weighted by Crippen LogP contribution is -1.94. The Hall–Kier alpha value is -2.09. The summed E-state index contributed by atoms with van der Waals surface area (Å²) >= 11 is 0. The lowest BCUT2D eigenvalue weighted by Gasteiger charge is -1.96. The Bertz CT molecular complexity index is 509. The minimum atomic E-state index is 0.0294. The maximum atomic E-state index is 11.8. The number of aromatic nitrogens is 1. The topological polar surface area (TPSA) is 22.0 Å². The van der Waals surface area contributed by atoms with Gasteiger partial charge in [0.15, 0.2) is 5.78 Å². The standard InChI is InChI=1S/C14H13NO.C2H6/c1-15-11-5-8-13(15)9-10-14(16)12-6-3-2-4-7-12;1-2/h2-11H,1H3;1-2H3/b10-9+;. The van der Waals surface area contributed by atoms with Crippen LogP contribution in [0.3, 0.4) is 0 Å². The summed E-state index contributed by atoms with van der Waals surface area (Å²) in [7, 11) is 1.95. The number of hydrogen-bond acceptors (Lipinski definition) is 1. The predicted molar refractivity (Wildman–Crippen MR) is 76.6 cm³/mol. The number of rotatable bonds is 3. The Morgan fingerprint density at radius 1 is 1.06 bits per heavy atom. The largest absolute Gasteiger partial charge is 0.351 e. The Kier molecular flexibility index (Phi) is 5.65. The van der Waals surface area contributed by atoms with Crippen LogP contribution < -0.4 is 0 Å². The molecule has 2 nitrogen and oxygen atoms in total. The maximum absolute atomic E-state index is 11.8. The highest BCUT2D eigenvalue weighted by atomic mass is 16.1. The molecule has 94 valence electrons. The van der Waals surface area contributed by atoms with Gasteiger partial charge in [-0.15, -0.1) is 0 Å². The van der Waals surface area contributed by atoms with Gasteiger partial charge in [-0.3, -0.25) is 4.79 Å². The van der Waals surface area contributed by atoms with Gasteiger partial charge in [0.05, 0.1) is 0 Å². The van der Waals surface area contributed by atoms with Crippen LogP contribution >= 0.6 is 0 Å². The molecule has 0 spiro atoms. The first-order chi connectivity index (χ1) is 8.77. The van der Waals surface area contributed by atoms with Crippen molar-refractivity contribution in [3.05, 3.63) is 66.0 Å². The van der Waals surface area contributed by atoms with Crippen LogP contribution in [0, 0.1) is 0 Å². The third kappa shape index (κ3) is 3.74. The van der Waals surface area contributed by atoms with Crippen LogP contribution in [0.4, 0.5) is 0 Å². The van der Waals surface area contributed by atoms with Gasteiger partial charge in [0.2, 0.25) is 0 Å². The summed E-state index contributed by atoms with van der Waals surface area (Å²) in [5.41, 5.74) is 1.73. The molecule has 1 aromatic heterocycles. The number of carbonyl (C=O) groups is 1. The van der Waals surface area contributed by atoms with E-state index in [4.69, 9.17) is 0 Å². The van der Waals surface area contributed by atoms with E-state index in [1.165, 1.54) is 0 Å². The zero-order chi connectivity index (χ0) is 13.4. The van der Waals surface area contributed by atoms with Crippen molar-refractivity contribution in [2.24, 2.45) is 7.05 Å². The monoisotopic (exact) mass is 241 g/mol. The number of carbonyl (C=O) groups excluding carboxylic acids is 1. The highest BCUT2D eigenvalue weighted by Gasteiger charge is 1.99. The Balaban J connectivity index is 0.000000771. The highest BCUT2D eigenvalue weighted by Crippen LogP contribution is 2.05. The van der Waals surface area contributed by atoms with Gasteiger partial charge < -0.3 is 4.57 Å². The molecule has 0 saturated heterocycles. The summed E-state index contributed by atoms with van der Waals surface area (Å²) in [6.07, 6.45) is 5.38. The molecular weight excluding hydrogens is 222 g/mol. The fourth-order valence-corrected chi connectivity index (χ4v) is 1.51. The molecule has 0 aliphatic carbocycles. The summed E-state index contributed by atoms with van der Waals surface area (Å²) in [5.74, 6) is 0.0294. The van der Waals surface area contributed by atoms with E-state index in [-0.39, 0.29) is 5.78 Å². The van der Waals surface area contributed by atoms with Gasteiger partial charge in [0, 0.05) is 24.5 Å². The second-order valence-electron chi connectivity index (χ2n) is 3.61. The van der Waals surface area contributed by atoms with Gasteiger partial charge in [-0.05, 0) is 24.3 Å². The Morgan fingerprint density at radius 3 is 2.28 bits per heavy atom. The third-order valence-electron chi connectivity index (χ3n) is 2.45. The molecule has 0 atom stereocenters. The molecule has 0 fully saturated rings. The van der Waals surface area contributed by atoms with E-state index in [1.54, 1.807) is 6.08 Å². The number of nitrogens with zero attached hydrogens (tertiary/aromatic N) is 1. The van der Waals surface area contributed by atoms with Gasteiger partial charge in [-0.25, -0.2) is 0 Å². The Labute approximate surface area is 109 Å². The smallest absolute Gasteiger partial charge is 0.185 e. The van der Waals surface area contributed by atoms with E-state index in [1.807, 2.05) is 80.2 Å². The Morgan fingerprint density at radius 2 is 1.72 bits per heavy atom. The molecule has 0 bridgehead atoms. The van der Waals surface area contributed by atoms with Gasteiger partial charge in [-0.1, -0.05) is 44.2 Å². The summed E-state index contributed by atoms with van der Waals surface area (Å²) in [5, 5.41) is 0. The van der Waals surface area contributed by atoms with Crippen LogP contribution in [0.5, 0.6) is 0 Å². The second-order valence-corrected chi connectivity index (χ2v) is 3.61. The molecule has 1 heterocycles. The van der Waals surface area contributed by atoms with E-state index >= 15 is 0 Å². The molecule has 18 heavy (non-hydrogen) atoms. The molecular formula is C16H19NO. The van der Waals surface area contributed by atoms with Crippen LogP contribution in [-0.4, -0.2) is 10.4 Å². The zero-order valence-electron chi connectivity index (χ0n) is 11.1. The van der Waals surface area contributed by atoms with Gasteiger partial charge in [-0.2, -0.15) is 0 Å². The molecule has 2 heteroatoms. The van der Waals surface area contributed by atoms with Crippen molar-refractivity contribution in [3.63, 3.8) is 0 Å². The van der Waals surface area contributed by atoms with Gasteiger partial charge in [0.1, 0.15) is 0 Å². The predicted octanol–water partition coefficient (Wildman–Crippen LogP) is 3.95. The average molecular weight is 241 g/mol. The van der Waals surface area contributed by atoms with Crippen LogP contribution in [0.25, 0.3) is 6.08 Å². The summed E-state index contributed by atoms with van der Waals surface area (Å²) in [6, 6.07) is 13.2. The van der Waals surface area contributed by atoms with Crippen molar-refractivity contribution in [2.45, 2.75) is 13.8 Å². The van der Waals surface area contributed by atoms with E-state index in [0.29, 0.717) is 5.56 Å². The fourth-order valence-electron chi connectivity index (χ4n) is 1.51. The maximum Gasteiger partial charge on any atom is 0.185 e.